The molecule has 192 valence electrons. The Bertz CT molecular complexity index is 1020. The number of amides is 3. The van der Waals surface area contributed by atoms with Crippen molar-refractivity contribution in [3.8, 4) is 0 Å². The summed E-state index contributed by atoms with van der Waals surface area (Å²) in [5.74, 6) is -2.69. The highest BCUT2D eigenvalue weighted by Gasteiger charge is 2.57. The zero-order chi connectivity index (χ0) is 25.9. The molecular formula is C26H35NO8. The molecule has 0 spiro atoms. The highest BCUT2D eigenvalue weighted by atomic mass is 16.5. The minimum Gasteiger partial charge on any atom is -0.459 e. The molecule has 3 rings (SSSR count). The van der Waals surface area contributed by atoms with E-state index in [4.69, 9.17) is 4.42 Å². The van der Waals surface area contributed by atoms with Crippen LogP contribution in [0.2, 0.25) is 0 Å². The van der Waals surface area contributed by atoms with Crippen LogP contribution in [0.5, 0.6) is 0 Å². The summed E-state index contributed by atoms with van der Waals surface area (Å²) < 4.78 is 10.2. The summed E-state index contributed by atoms with van der Waals surface area (Å²) in [6.07, 6.45) is 1.81. The van der Waals surface area contributed by atoms with Crippen LogP contribution in [-0.2, 0) is 20.9 Å². The molecule has 2 aliphatic rings. The fourth-order valence-corrected chi connectivity index (χ4v) is 5.30. The van der Waals surface area contributed by atoms with Gasteiger partial charge in [-0.2, -0.15) is 4.90 Å². The van der Waals surface area contributed by atoms with Gasteiger partial charge in [0, 0.05) is 5.92 Å². The van der Waals surface area contributed by atoms with Gasteiger partial charge >= 0.3 is 6.09 Å². The Morgan fingerprint density at radius 1 is 1.26 bits per heavy atom. The number of methoxy groups -OCH3 is 1. The summed E-state index contributed by atoms with van der Waals surface area (Å²) in [6, 6.07) is 3.48. The Balaban J connectivity index is 1.87. The molecule has 0 saturated carbocycles. The number of likely N-dealkylation sites (tertiary alicyclic amines) is 1. The van der Waals surface area contributed by atoms with Gasteiger partial charge in [-0.05, 0) is 55.4 Å². The molecule has 0 aromatic carbocycles. The number of ether oxygens (including phenoxy) is 1. The van der Waals surface area contributed by atoms with E-state index in [-0.39, 0.29) is 18.9 Å². The maximum absolute atomic E-state index is 13.1. The first-order chi connectivity index (χ1) is 16.7. The smallest absolute Gasteiger partial charge is 0.423 e. The molecular weight excluding hydrogens is 454 g/mol. The maximum atomic E-state index is 13.1. The SMILES string of the molecule is CC/C(=C\c1ccc(CO)o1)CC[C@@H](O)C1=C(C(C)C)C[C@H]2C(=O)N(C(=O)OC)C(=O)[C@H]2[C@H]1CO. The van der Waals surface area contributed by atoms with Crippen LogP contribution in [0.3, 0.4) is 0 Å². The molecule has 0 radical (unpaired) electrons. The van der Waals surface area contributed by atoms with Crippen molar-refractivity contribution in [1.82, 2.24) is 4.90 Å². The van der Waals surface area contributed by atoms with E-state index in [1.54, 1.807) is 12.1 Å². The van der Waals surface area contributed by atoms with Crippen LogP contribution in [0.25, 0.3) is 6.08 Å². The van der Waals surface area contributed by atoms with Crippen molar-refractivity contribution in [1.29, 1.82) is 0 Å². The Kier molecular flexibility index (Phi) is 8.69. The van der Waals surface area contributed by atoms with E-state index in [0.29, 0.717) is 34.8 Å². The molecule has 1 aliphatic heterocycles. The van der Waals surface area contributed by atoms with Gasteiger partial charge in [-0.1, -0.05) is 31.9 Å². The predicted molar refractivity (Wildman–Crippen MR) is 126 cm³/mol. The third kappa shape index (κ3) is 5.27. The van der Waals surface area contributed by atoms with E-state index in [1.165, 1.54) is 0 Å². The summed E-state index contributed by atoms with van der Waals surface area (Å²) in [6.45, 7) is 5.29. The minimum absolute atomic E-state index is 0.0223. The second-order valence-electron chi connectivity index (χ2n) is 9.42. The lowest BCUT2D eigenvalue weighted by Gasteiger charge is -2.38. The molecule has 4 atom stereocenters. The monoisotopic (exact) mass is 489 g/mol. The number of rotatable bonds is 9. The third-order valence-electron chi connectivity index (χ3n) is 7.11. The molecule has 3 N–H and O–H groups in total. The molecule has 2 heterocycles. The fourth-order valence-electron chi connectivity index (χ4n) is 5.30. The van der Waals surface area contributed by atoms with Crippen LogP contribution in [-0.4, -0.2) is 57.9 Å². The molecule has 9 heteroatoms. The molecule has 1 aromatic rings. The van der Waals surface area contributed by atoms with Gasteiger partial charge in [-0.25, -0.2) is 4.79 Å². The van der Waals surface area contributed by atoms with Gasteiger partial charge < -0.3 is 24.5 Å². The molecule has 0 bridgehead atoms. The zero-order valence-electron chi connectivity index (χ0n) is 20.7. The van der Waals surface area contributed by atoms with Gasteiger partial charge in [0.05, 0.1) is 31.7 Å². The molecule has 1 aromatic heterocycles. The highest BCUT2D eigenvalue weighted by molar-refractivity contribution is 6.16. The van der Waals surface area contributed by atoms with Crippen molar-refractivity contribution in [3.63, 3.8) is 0 Å². The Morgan fingerprint density at radius 2 is 1.97 bits per heavy atom. The van der Waals surface area contributed by atoms with Crippen molar-refractivity contribution < 1.29 is 38.9 Å². The van der Waals surface area contributed by atoms with Gasteiger partial charge in [0.25, 0.3) is 0 Å². The van der Waals surface area contributed by atoms with Crippen molar-refractivity contribution in [2.75, 3.05) is 13.7 Å². The van der Waals surface area contributed by atoms with Crippen molar-refractivity contribution in [2.45, 2.75) is 59.2 Å². The number of carbonyl (C=O) groups excluding carboxylic acids is 3. The third-order valence-corrected chi connectivity index (χ3v) is 7.11. The Morgan fingerprint density at radius 3 is 2.51 bits per heavy atom. The summed E-state index contributed by atoms with van der Waals surface area (Å²) >= 11 is 0. The first-order valence-corrected chi connectivity index (χ1v) is 12.0. The topological polar surface area (TPSA) is 138 Å². The molecule has 0 unspecified atom stereocenters. The van der Waals surface area contributed by atoms with E-state index < -0.39 is 48.4 Å². The average Bonchev–Trinajstić information content (AvgIpc) is 3.41. The number of aliphatic hydroxyl groups is 3. The maximum Gasteiger partial charge on any atom is 0.423 e. The first-order valence-electron chi connectivity index (χ1n) is 12.0. The standard InChI is InChI=1S/C26H35NO8/c1-5-15(10-16-7-8-17(12-28)35-16)6-9-21(30)22-18(14(2)3)11-19-23(20(22)13-29)25(32)27(24(19)31)26(33)34-4/h7-8,10,14,19-21,23,28-30H,5-6,9,11-13H2,1-4H3/b15-10+/t19-,20+,21-,23-/m1/s1. The van der Waals surface area contributed by atoms with Crippen LogP contribution < -0.4 is 0 Å². The average molecular weight is 490 g/mol. The van der Waals surface area contributed by atoms with E-state index in [9.17, 15) is 29.7 Å². The summed E-state index contributed by atoms with van der Waals surface area (Å²) in [5, 5.41) is 30.8. The number of furan rings is 1. The van der Waals surface area contributed by atoms with E-state index in [1.807, 2.05) is 26.8 Å². The molecule has 1 aliphatic carbocycles. The predicted octanol–water partition coefficient (Wildman–Crippen LogP) is 3.04. The van der Waals surface area contributed by atoms with Gasteiger partial charge in [-0.3, -0.25) is 9.59 Å². The summed E-state index contributed by atoms with van der Waals surface area (Å²) in [4.78, 5) is 38.6. The number of hydrogen-bond acceptors (Lipinski definition) is 8. The number of allylic oxidation sites excluding steroid dienone is 2. The van der Waals surface area contributed by atoms with Crippen LogP contribution in [0, 0.1) is 23.7 Å². The summed E-state index contributed by atoms with van der Waals surface area (Å²) in [5.41, 5.74) is 2.46. The first kappa shape index (κ1) is 26.8. The number of fused-ring (bicyclic) bond motifs is 1. The normalized spacial score (nSPS) is 23.8. The van der Waals surface area contributed by atoms with E-state index in [0.717, 1.165) is 24.7 Å². The number of carbonyl (C=O) groups is 3. The second kappa shape index (κ2) is 11.3. The van der Waals surface area contributed by atoms with Gasteiger partial charge in [0.1, 0.15) is 18.1 Å². The summed E-state index contributed by atoms with van der Waals surface area (Å²) in [7, 11) is 1.10. The molecule has 35 heavy (non-hydrogen) atoms. The number of hydrogen-bond donors (Lipinski definition) is 3. The van der Waals surface area contributed by atoms with Crippen LogP contribution in [0.15, 0.2) is 33.3 Å². The molecule has 1 saturated heterocycles. The lowest BCUT2D eigenvalue weighted by Crippen LogP contribution is -2.40. The van der Waals surface area contributed by atoms with Crippen molar-refractivity contribution in [2.24, 2.45) is 23.7 Å². The quantitative estimate of drug-likeness (QED) is 0.356. The van der Waals surface area contributed by atoms with E-state index in [2.05, 4.69) is 4.74 Å². The lowest BCUT2D eigenvalue weighted by atomic mass is 9.66. The van der Waals surface area contributed by atoms with Crippen molar-refractivity contribution in [3.05, 3.63) is 40.4 Å². The molecule has 9 nitrogen and oxygen atoms in total. The number of aliphatic hydroxyl groups excluding tert-OH is 3. The lowest BCUT2D eigenvalue weighted by molar-refractivity contribution is -0.137. The van der Waals surface area contributed by atoms with Crippen LogP contribution >= 0.6 is 0 Å². The Hall–Kier alpha value is -2.75. The van der Waals surface area contributed by atoms with Crippen LogP contribution in [0.4, 0.5) is 4.79 Å². The number of nitrogens with zero attached hydrogens (tertiary/aromatic N) is 1. The molecule has 1 fully saturated rings. The second-order valence-corrected chi connectivity index (χ2v) is 9.42. The fraction of sp³-hybridized carbons (Fsp3) is 0.577. The highest BCUT2D eigenvalue weighted by Crippen LogP contribution is 2.48. The van der Waals surface area contributed by atoms with Crippen LogP contribution in [0.1, 0.15) is 58.0 Å². The van der Waals surface area contributed by atoms with E-state index >= 15 is 0 Å². The van der Waals surface area contributed by atoms with Crippen molar-refractivity contribution >= 4 is 24.0 Å². The Labute approximate surface area is 205 Å². The number of imide groups is 3. The largest absolute Gasteiger partial charge is 0.459 e. The van der Waals surface area contributed by atoms with Gasteiger partial charge in [0.15, 0.2) is 0 Å². The van der Waals surface area contributed by atoms with Gasteiger partial charge in [-0.15, -0.1) is 0 Å². The zero-order valence-corrected chi connectivity index (χ0v) is 20.7. The minimum atomic E-state index is -1.03. The molecule has 3 amide bonds. The van der Waals surface area contributed by atoms with Gasteiger partial charge in [0.2, 0.25) is 11.8 Å².